The normalized spacial score (nSPS) is 27.0. The van der Waals surface area contributed by atoms with E-state index in [9.17, 15) is 9.90 Å². The van der Waals surface area contributed by atoms with Crippen molar-refractivity contribution in [2.45, 2.75) is 96.7 Å². The molecule has 3 nitrogen and oxygen atoms in total. The molecule has 0 radical (unpaired) electrons. The molecule has 0 amide bonds. The SMILES string of the molecule is CCCC[C@H]1[C@H]([Si](C)(C)C(C)(C)C)[C@@H](C(C)C)OC(=O)[C@@H]1C(O)c1ccccc1. The van der Waals surface area contributed by atoms with Gasteiger partial charge in [0.1, 0.15) is 6.10 Å². The van der Waals surface area contributed by atoms with Gasteiger partial charge in [0.25, 0.3) is 0 Å². The number of benzene rings is 1. The fourth-order valence-electron chi connectivity index (χ4n) is 4.94. The summed E-state index contributed by atoms with van der Waals surface area (Å²) in [5, 5.41) is 11.5. The molecule has 1 aliphatic heterocycles. The van der Waals surface area contributed by atoms with Crippen LogP contribution in [0.25, 0.3) is 0 Å². The second kappa shape index (κ2) is 9.34. The second-order valence-corrected chi connectivity index (χ2v) is 16.4. The van der Waals surface area contributed by atoms with E-state index in [0.29, 0.717) is 5.54 Å². The summed E-state index contributed by atoms with van der Waals surface area (Å²) in [6.45, 7) is 18.5. The van der Waals surface area contributed by atoms with E-state index in [1.54, 1.807) is 0 Å². The minimum atomic E-state index is -1.85. The van der Waals surface area contributed by atoms with Crippen LogP contribution in [0.15, 0.2) is 30.3 Å². The lowest BCUT2D eigenvalue weighted by molar-refractivity contribution is -0.176. The Labute approximate surface area is 179 Å². The molecule has 0 saturated carbocycles. The predicted octanol–water partition coefficient (Wildman–Crippen LogP) is 6.60. The Kier molecular flexibility index (Phi) is 7.78. The zero-order chi connectivity index (χ0) is 22.0. The van der Waals surface area contributed by atoms with Crippen molar-refractivity contribution in [1.82, 2.24) is 0 Å². The Morgan fingerprint density at radius 1 is 1.14 bits per heavy atom. The molecule has 0 aromatic heterocycles. The number of carbonyl (C=O) groups is 1. The maximum Gasteiger partial charge on any atom is 0.312 e. The molecule has 164 valence electrons. The predicted molar refractivity (Wildman–Crippen MR) is 124 cm³/mol. The highest BCUT2D eigenvalue weighted by Gasteiger charge is 2.57. The number of ether oxygens (including phenoxy) is 1. The van der Waals surface area contributed by atoms with Gasteiger partial charge < -0.3 is 9.84 Å². The van der Waals surface area contributed by atoms with Crippen molar-refractivity contribution in [1.29, 1.82) is 0 Å². The van der Waals surface area contributed by atoms with E-state index in [2.05, 4.69) is 54.6 Å². The number of unbranched alkanes of at least 4 members (excludes halogenated alkanes) is 1. The van der Waals surface area contributed by atoms with Crippen LogP contribution in [0.5, 0.6) is 0 Å². The van der Waals surface area contributed by atoms with Gasteiger partial charge in [-0.15, -0.1) is 0 Å². The highest BCUT2D eigenvalue weighted by molar-refractivity contribution is 6.81. The van der Waals surface area contributed by atoms with Crippen LogP contribution < -0.4 is 0 Å². The van der Waals surface area contributed by atoms with Gasteiger partial charge in [-0.2, -0.15) is 0 Å². The molecule has 1 aromatic carbocycles. The Balaban J connectivity index is 2.57. The zero-order valence-corrected chi connectivity index (χ0v) is 20.7. The summed E-state index contributed by atoms with van der Waals surface area (Å²) < 4.78 is 6.14. The molecule has 0 spiro atoms. The summed E-state index contributed by atoms with van der Waals surface area (Å²) in [5.41, 5.74) is 1.14. The lowest BCUT2D eigenvalue weighted by Crippen LogP contribution is -2.58. The van der Waals surface area contributed by atoms with Crippen LogP contribution in [0.2, 0.25) is 23.7 Å². The Morgan fingerprint density at radius 3 is 2.21 bits per heavy atom. The molecule has 1 aliphatic rings. The molecule has 4 heteroatoms. The quantitative estimate of drug-likeness (QED) is 0.400. The lowest BCUT2D eigenvalue weighted by atomic mass is 9.75. The molecule has 1 heterocycles. The van der Waals surface area contributed by atoms with Gasteiger partial charge in [0.2, 0.25) is 0 Å². The summed E-state index contributed by atoms with van der Waals surface area (Å²) in [4.78, 5) is 13.3. The molecular formula is C25H42O3Si. The van der Waals surface area contributed by atoms with Crippen LogP contribution in [0.1, 0.15) is 72.5 Å². The Hall–Kier alpha value is -1.13. The van der Waals surface area contributed by atoms with Crippen LogP contribution in [0.4, 0.5) is 0 Å². The van der Waals surface area contributed by atoms with E-state index in [-0.39, 0.29) is 28.9 Å². The van der Waals surface area contributed by atoms with E-state index in [4.69, 9.17) is 4.74 Å². The minimum absolute atomic E-state index is 0.0653. The first-order valence-corrected chi connectivity index (χ1v) is 14.4. The smallest absolute Gasteiger partial charge is 0.312 e. The van der Waals surface area contributed by atoms with Crippen molar-refractivity contribution in [3.8, 4) is 0 Å². The first-order valence-electron chi connectivity index (χ1n) is 11.4. The van der Waals surface area contributed by atoms with Crippen LogP contribution in [0.3, 0.4) is 0 Å². The first kappa shape index (κ1) is 24.1. The highest BCUT2D eigenvalue weighted by Crippen LogP contribution is 2.56. The van der Waals surface area contributed by atoms with E-state index in [1.165, 1.54) is 0 Å². The minimum Gasteiger partial charge on any atom is -0.462 e. The molecule has 0 bridgehead atoms. The standard InChI is InChI=1S/C25H42O3Si/c1-9-10-16-19-20(21(26)18-14-12-11-13-15-18)24(27)28-22(17(2)3)23(19)29(7,8)25(4,5)6/h11-15,17,19-23,26H,9-10,16H2,1-8H3/t19-,20+,21?,22-,23+/m1/s1. The van der Waals surface area contributed by atoms with E-state index >= 15 is 0 Å². The fraction of sp³-hybridized carbons (Fsp3) is 0.720. The van der Waals surface area contributed by atoms with Gasteiger partial charge in [-0.3, -0.25) is 4.79 Å². The van der Waals surface area contributed by atoms with Crippen molar-refractivity contribution in [2.24, 2.45) is 17.8 Å². The van der Waals surface area contributed by atoms with Crippen LogP contribution in [-0.4, -0.2) is 25.3 Å². The first-order chi connectivity index (χ1) is 13.4. The van der Waals surface area contributed by atoms with Crippen LogP contribution in [0, 0.1) is 17.8 Å². The van der Waals surface area contributed by atoms with Crippen LogP contribution in [-0.2, 0) is 9.53 Å². The van der Waals surface area contributed by atoms with E-state index < -0.39 is 20.1 Å². The van der Waals surface area contributed by atoms with Crippen molar-refractivity contribution < 1.29 is 14.6 Å². The maximum atomic E-state index is 13.3. The van der Waals surface area contributed by atoms with Crippen molar-refractivity contribution in [3.05, 3.63) is 35.9 Å². The molecule has 1 saturated heterocycles. The fourth-order valence-corrected chi connectivity index (χ4v) is 8.66. The molecule has 1 aromatic rings. The zero-order valence-electron chi connectivity index (χ0n) is 19.7. The van der Waals surface area contributed by atoms with Gasteiger partial charge in [0.15, 0.2) is 0 Å². The lowest BCUT2D eigenvalue weighted by Gasteiger charge is -2.54. The molecule has 5 atom stereocenters. The Morgan fingerprint density at radius 2 is 1.72 bits per heavy atom. The number of hydrogen-bond acceptors (Lipinski definition) is 3. The molecule has 29 heavy (non-hydrogen) atoms. The van der Waals surface area contributed by atoms with Crippen molar-refractivity contribution in [3.63, 3.8) is 0 Å². The average molecular weight is 419 g/mol. The van der Waals surface area contributed by atoms with Crippen molar-refractivity contribution >= 4 is 14.0 Å². The monoisotopic (exact) mass is 418 g/mol. The molecule has 0 aliphatic carbocycles. The Bertz CT molecular complexity index is 662. The number of esters is 1. The molecule has 1 fully saturated rings. The number of hydrogen-bond donors (Lipinski definition) is 1. The average Bonchev–Trinajstić information content (AvgIpc) is 2.64. The third-order valence-corrected chi connectivity index (χ3v) is 13.9. The largest absolute Gasteiger partial charge is 0.462 e. The van der Waals surface area contributed by atoms with Gasteiger partial charge in [0, 0.05) is 0 Å². The van der Waals surface area contributed by atoms with Gasteiger partial charge in [-0.05, 0) is 34.4 Å². The molecular weight excluding hydrogens is 376 g/mol. The molecule has 1 N–H and O–H groups in total. The number of cyclic esters (lactones) is 1. The number of rotatable bonds is 7. The topological polar surface area (TPSA) is 46.5 Å². The van der Waals surface area contributed by atoms with E-state index in [1.807, 2.05) is 30.3 Å². The number of aliphatic hydroxyl groups is 1. The maximum absolute atomic E-state index is 13.3. The van der Waals surface area contributed by atoms with Gasteiger partial charge in [0.05, 0.1) is 20.1 Å². The summed E-state index contributed by atoms with van der Waals surface area (Å²) in [6, 6.07) is 9.64. The number of carbonyl (C=O) groups excluding carboxylic acids is 1. The van der Waals surface area contributed by atoms with Crippen LogP contribution >= 0.6 is 0 Å². The summed E-state index contributed by atoms with van der Waals surface area (Å²) >= 11 is 0. The van der Waals surface area contributed by atoms with Gasteiger partial charge in [-0.25, -0.2) is 0 Å². The third-order valence-electron chi connectivity index (χ3n) is 7.60. The summed E-state index contributed by atoms with van der Waals surface area (Å²) in [5.74, 6) is -0.272. The summed E-state index contributed by atoms with van der Waals surface area (Å²) in [6.07, 6.45) is 2.26. The van der Waals surface area contributed by atoms with Gasteiger partial charge in [-0.1, -0.05) is 97.8 Å². The second-order valence-electron chi connectivity index (χ2n) is 10.8. The van der Waals surface area contributed by atoms with Gasteiger partial charge >= 0.3 is 5.97 Å². The number of aliphatic hydroxyl groups excluding tert-OH is 1. The third kappa shape index (κ3) is 4.96. The summed E-state index contributed by atoms with van der Waals surface area (Å²) in [7, 11) is -1.85. The van der Waals surface area contributed by atoms with E-state index in [0.717, 1.165) is 24.8 Å². The highest BCUT2D eigenvalue weighted by atomic mass is 28.3. The van der Waals surface area contributed by atoms with Crippen molar-refractivity contribution in [2.75, 3.05) is 0 Å². The molecule has 1 unspecified atom stereocenters. The molecule has 2 rings (SSSR count).